The van der Waals surface area contributed by atoms with Crippen molar-refractivity contribution in [2.24, 2.45) is 0 Å². The Morgan fingerprint density at radius 1 is 1.25 bits per heavy atom. The maximum atomic E-state index is 12.4. The van der Waals surface area contributed by atoms with Crippen LogP contribution in [-0.2, 0) is 14.6 Å². The van der Waals surface area contributed by atoms with E-state index in [0.717, 1.165) is 10.1 Å². The third-order valence-electron chi connectivity index (χ3n) is 5.87. The molecule has 1 N–H and O–H groups in total. The van der Waals surface area contributed by atoms with Crippen molar-refractivity contribution >= 4 is 48.7 Å². The van der Waals surface area contributed by atoms with Crippen LogP contribution in [-0.4, -0.2) is 47.3 Å². The Labute approximate surface area is 170 Å². The summed E-state index contributed by atoms with van der Waals surface area (Å²) >= 11 is 3.40. The molecule has 2 aliphatic heterocycles. The summed E-state index contributed by atoms with van der Waals surface area (Å²) in [5.74, 6) is -0.652. The fraction of sp³-hybridized carbons (Fsp3) is 0.474. The summed E-state index contributed by atoms with van der Waals surface area (Å²) in [4.78, 5) is 24.3. The number of halogens is 1. The lowest BCUT2D eigenvalue weighted by atomic mass is 9.90. The van der Waals surface area contributed by atoms with Crippen LogP contribution in [0.25, 0.3) is 10.9 Å². The Balaban J connectivity index is 1.89. The van der Waals surface area contributed by atoms with Crippen molar-refractivity contribution in [3.8, 4) is 0 Å². The molecule has 9 heteroatoms. The van der Waals surface area contributed by atoms with E-state index >= 15 is 0 Å². The monoisotopic (exact) mass is 469 g/mol. The number of benzene rings is 1. The lowest BCUT2D eigenvalue weighted by Crippen LogP contribution is -2.31. The second kappa shape index (κ2) is 6.88. The standard InChI is InChI=1S/C19H20BrNO6S/c1-2-27-18(22)15-8-11(20)7-14-16(9-21(17(14)15)19(23)24)10-5-12-3-4-13(6-10)28(12,25)26/h7-10,12-13H,2-6H2,1H3,(H,23,24). The highest BCUT2D eigenvalue weighted by Crippen LogP contribution is 2.47. The van der Waals surface area contributed by atoms with Crippen molar-refractivity contribution in [2.45, 2.75) is 49.0 Å². The number of esters is 1. The highest BCUT2D eigenvalue weighted by Gasteiger charge is 2.47. The second-order valence-electron chi connectivity index (χ2n) is 7.39. The number of nitrogens with zero attached hydrogens (tertiary/aromatic N) is 1. The third-order valence-corrected chi connectivity index (χ3v) is 9.04. The first-order valence-corrected chi connectivity index (χ1v) is 11.6. The molecule has 4 rings (SSSR count). The number of fused-ring (bicyclic) bond motifs is 3. The molecule has 0 spiro atoms. The van der Waals surface area contributed by atoms with Crippen LogP contribution in [0.4, 0.5) is 4.79 Å². The van der Waals surface area contributed by atoms with Crippen molar-refractivity contribution in [2.75, 3.05) is 6.61 Å². The van der Waals surface area contributed by atoms with Gasteiger partial charge < -0.3 is 9.84 Å². The van der Waals surface area contributed by atoms with Crippen molar-refractivity contribution in [1.82, 2.24) is 4.57 Å². The minimum Gasteiger partial charge on any atom is -0.464 e. The van der Waals surface area contributed by atoms with Gasteiger partial charge >= 0.3 is 12.1 Å². The van der Waals surface area contributed by atoms with Gasteiger partial charge in [-0.1, -0.05) is 15.9 Å². The molecule has 2 fully saturated rings. The number of aromatic nitrogens is 1. The van der Waals surface area contributed by atoms with Crippen molar-refractivity contribution < 1.29 is 27.9 Å². The van der Waals surface area contributed by atoms with Crippen LogP contribution >= 0.6 is 15.9 Å². The summed E-state index contributed by atoms with van der Waals surface area (Å²) in [6.45, 7) is 1.87. The normalized spacial score (nSPS) is 25.7. The van der Waals surface area contributed by atoms with Gasteiger partial charge in [-0.25, -0.2) is 18.0 Å². The van der Waals surface area contributed by atoms with E-state index in [-0.39, 0.29) is 34.1 Å². The molecule has 1 aromatic heterocycles. The molecule has 28 heavy (non-hydrogen) atoms. The predicted octanol–water partition coefficient (Wildman–Crippen LogP) is 3.93. The minimum atomic E-state index is -3.08. The highest BCUT2D eigenvalue weighted by molar-refractivity contribution is 9.10. The summed E-state index contributed by atoms with van der Waals surface area (Å²) < 4.78 is 31.7. The quantitative estimate of drug-likeness (QED) is 0.682. The molecule has 3 heterocycles. The lowest BCUT2D eigenvalue weighted by Gasteiger charge is -2.27. The van der Waals surface area contributed by atoms with Gasteiger partial charge in [0.2, 0.25) is 0 Å². The largest absolute Gasteiger partial charge is 0.464 e. The number of hydrogen-bond acceptors (Lipinski definition) is 5. The Morgan fingerprint density at radius 2 is 1.89 bits per heavy atom. The van der Waals surface area contributed by atoms with Crippen LogP contribution in [0, 0.1) is 0 Å². The zero-order valence-corrected chi connectivity index (χ0v) is 17.6. The van der Waals surface area contributed by atoms with Crippen molar-refractivity contribution in [3.05, 3.63) is 33.9 Å². The van der Waals surface area contributed by atoms with Crippen molar-refractivity contribution in [1.29, 1.82) is 0 Å². The summed E-state index contributed by atoms with van der Waals surface area (Å²) in [7, 11) is -3.08. The van der Waals surface area contributed by atoms with E-state index in [0.29, 0.717) is 35.5 Å². The fourth-order valence-corrected chi connectivity index (χ4v) is 7.59. The number of hydrogen-bond donors (Lipinski definition) is 1. The highest BCUT2D eigenvalue weighted by atomic mass is 79.9. The molecule has 2 aliphatic rings. The van der Waals surface area contributed by atoms with Gasteiger partial charge in [0, 0.05) is 16.1 Å². The average Bonchev–Trinajstić information content (AvgIpc) is 3.01. The van der Waals surface area contributed by atoms with Gasteiger partial charge in [-0.15, -0.1) is 0 Å². The van der Waals surface area contributed by atoms with Crippen LogP contribution in [0.5, 0.6) is 0 Å². The maximum Gasteiger partial charge on any atom is 0.416 e. The van der Waals surface area contributed by atoms with Crippen LogP contribution in [0.15, 0.2) is 22.8 Å². The Bertz CT molecular complexity index is 1070. The first kappa shape index (κ1) is 19.4. The van der Waals surface area contributed by atoms with Gasteiger partial charge in [-0.05, 0) is 56.2 Å². The van der Waals surface area contributed by atoms with E-state index in [1.165, 1.54) is 6.20 Å². The van der Waals surface area contributed by atoms with E-state index in [2.05, 4.69) is 15.9 Å². The second-order valence-corrected chi connectivity index (χ2v) is 10.8. The maximum absolute atomic E-state index is 12.4. The molecule has 2 atom stereocenters. The Kier molecular flexibility index (Phi) is 4.78. The summed E-state index contributed by atoms with van der Waals surface area (Å²) in [5.41, 5.74) is 1.23. The van der Waals surface area contributed by atoms with E-state index < -0.39 is 21.9 Å². The van der Waals surface area contributed by atoms with Crippen molar-refractivity contribution in [3.63, 3.8) is 0 Å². The van der Waals surface area contributed by atoms with E-state index in [1.54, 1.807) is 19.1 Å². The first-order chi connectivity index (χ1) is 13.2. The first-order valence-electron chi connectivity index (χ1n) is 9.21. The lowest BCUT2D eigenvalue weighted by molar-refractivity contribution is 0.0528. The molecule has 1 aromatic carbocycles. The van der Waals surface area contributed by atoms with E-state index in [9.17, 15) is 23.1 Å². The van der Waals surface area contributed by atoms with E-state index in [1.807, 2.05) is 0 Å². The Morgan fingerprint density at radius 3 is 2.46 bits per heavy atom. The molecule has 0 saturated carbocycles. The molecule has 0 aliphatic carbocycles. The topological polar surface area (TPSA) is 103 Å². The van der Waals surface area contributed by atoms with Crippen LogP contribution in [0.3, 0.4) is 0 Å². The number of carbonyl (C=O) groups excluding carboxylic acids is 1. The summed E-state index contributed by atoms with van der Waals surface area (Å²) in [6.07, 6.45) is 2.63. The minimum absolute atomic E-state index is 0.0616. The predicted molar refractivity (Wildman–Crippen MR) is 107 cm³/mol. The van der Waals surface area contributed by atoms with Gasteiger partial charge in [0.15, 0.2) is 9.84 Å². The average molecular weight is 470 g/mol. The van der Waals surface area contributed by atoms with E-state index in [4.69, 9.17) is 4.74 Å². The van der Waals surface area contributed by atoms with Crippen LogP contribution in [0.2, 0.25) is 0 Å². The molecule has 2 saturated heterocycles. The molecule has 2 bridgehead atoms. The molecule has 0 amide bonds. The molecular formula is C19H20BrNO6S. The zero-order valence-electron chi connectivity index (χ0n) is 15.2. The van der Waals surface area contributed by atoms with Gasteiger partial charge in [0.1, 0.15) is 0 Å². The third kappa shape index (κ3) is 2.95. The number of sulfone groups is 1. The van der Waals surface area contributed by atoms with Crippen LogP contribution in [0.1, 0.15) is 54.4 Å². The molecule has 2 unspecified atom stereocenters. The smallest absolute Gasteiger partial charge is 0.416 e. The number of carboxylic acid groups (broad SMARTS) is 1. The summed E-state index contributed by atoms with van der Waals surface area (Å²) in [6, 6.07) is 3.34. The molecule has 2 aromatic rings. The molecule has 7 nitrogen and oxygen atoms in total. The number of carbonyl (C=O) groups is 2. The fourth-order valence-electron chi connectivity index (χ4n) is 4.65. The summed E-state index contributed by atoms with van der Waals surface area (Å²) in [5, 5.41) is 9.62. The van der Waals surface area contributed by atoms with Gasteiger partial charge in [-0.2, -0.15) is 0 Å². The zero-order chi connectivity index (χ0) is 20.2. The molecule has 0 radical (unpaired) electrons. The van der Waals surface area contributed by atoms with Crippen LogP contribution < -0.4 is 0 Å². The molecule has 150 valence electrons. The Hall–Kier alpha value is -1.87. The molecular weight excluding hydrogens is 450 g/mol. The SMILES string of the molecule is CCOC(=O)c1cc(Br)cc2c(C3CC4CCC(C3)S4(=O)=O)cn(C(=O)O)c12. The number of ether oxygens (including phenoxy) is 1. The van der Waals surface area contributed by atoms with Gasteiger partial charge in [0.05, 0.1) is 28.2 Å². The van der Waals surface area contributed by atoms with Gasteiger partial charge in [0.25, 0.3) is 0 Å². The number of rotatable bonds is 3. The van der Waals surface area contributed by atoms with Gasteiger partial charge in [-0.3, -0.25) is 4.57 Å².